The smallest absolute Gasteiger partial charge is 0.303 e. The molecule has 2 aromatic heterocycles. The van der Waals surface area contributed by atoms with Gasteiger partial charge < -0.3 is 19.3 Å². The standard InChI is InChI=1S/C27H36N4O3/c1-30-16-13-29-26(30)7-4-14-31-15-11-20(22(19-31)17-27(32)33)5-3-6-21-10-12-28-25-9-8-23(34-2)18-24(21)25/h8-10,12-13,16,18,20,22H,3-7,11,14-15,17,19H2,1-2H3,(H,32,33)/t20-,22+/m1/s1. The molecular formula is C27H36N4O3. The quantitative estimate of drug-likeness (QED) is 0.455. The minimum absolute atomic E-state index is 0.216. The minimum atomic E-state index is -0.683. The summed E-state index contributed by atoms with van der Waals surface area (Å²) in [5.41, 5.74) is 2.27. The van der Waals surface area contributed by atoms with E-state index in [1.807, 2.05) is 37.8 Å². The van der Waals surface area contributed by atoms with Crippen molar-refractivity contribution in [3.05, 3.63) is 54.2 Å². The van der Waals surface area contributed by atoms with E-state index in [1.54, 1.807) is 7.11 Å². The molecule has 3 aromatic rings. The van der Waals surface area contributed by atoms with Gasteiger partial charge in [0.15, 0.2) is 0 Å². The number of fused-ring (bicyclic) bond motifs is 1. The Morgan fingerprint density at radius 3 is 2.79 bits per heavy atom. The number of benzene rings is 1. The van der Waals surface area contributed by atoms with Crippen molar-refractivity contribution >= 4 is 16.9 Å². The molecular weight excluding hydrogens is 428 g/mol. The first-order valence-corrected chi connectivity index (χ1v) is 12.4. The summed E-state index contributed by atoms with van der Waals surface area (Å²) in [6.07, 6.45) is 12.1. The highest BCUT2D eigenvalue weighted by atomic mass is 16.5. The van der Waals surface area contributed by atoms with E-state index >= 15 is 0 Å². The van der Waals surface area contributed by atoms with Crippen LogP contribution in [0.1, 0.15) is 43.5 Å². The van der Waals surface area contributed by atoms with Gasteiger partial charge in [0, 0.05) is 50.4 Å². The molecule has 1 aliphatic rings. The van der Waals surface area contributed by atoms with E-state index in [2.05, 4.69) is 31.6 Å². The number of hydrogen-bond donors (Lipinski definition) is 1. The molecule has 34 heavy (non-hydrogen) atoms. The molecule has 7 heteroatoms. The topological polar surface area (TPSA) is 80.5 Å². The summed E-state index contributed by atoms with van der Waals surface area (Å²) in [6, 6.07) is 8.11. The summed E-state index contributed by atoms with van der Waals surface area (Å²) in [6.45, 7) is 2.93. The van der Waals surface area contributed by atoms with Gasteiger partial charge in [0.1, 0.15) is 11.6 Å². The molecule has 1 saturated heterocycles. The van der Waals surface area contributed by atoms with Crippen LogP contribution in [0.2, 0.25) is 0 Å². The van der Waals surface area contributed by atoms with Crippen LogP contribution in [0.5, 0.6) is 5.75 Å². The van der Waals surface area contributed by atoms with Crippen LogP contribution in [0.4, 0.5) is 0 Å². The van der Waals surface area contributed by atoms with Gasteiger partial charge in [-0.1, -0.05) is 0 Å². The molecule has 2 atom stereocenters. The lowest BCUT2D eigenvalue weighted by molar-refractivity contribution is -0.139. The van der Waals surface area contributed by atoms with Crippen molar-refractivity contribution in [2.75, 3.05) is 26.7 Å². The predicted molar refractivity (Wildman–Crippen MR) is 133 cm³/mol. The zero-order valence-corrected chi connectivity index (χ0v) is 20.3. The monoisotopic (exact) mass is 464 g/mol. The Labute approximate surface area is 201 Å². The SMILES string of the molecule is COc1ccc2nccc(CCC[C@@H]3CCN(CCCc4nccn4C)C[C@@H]3CC(=O)O)c2c1. The predicted octanol–water partition coefficient (Wildman–Crippen LogP) is 4.35. The summed E-state index contributed by atoms with van der Waals surface area (Å²) in [5.74, 6) is 1.95. The molecule has 0 bridgehead atoms. The zero-order chi connectivity index (χ0) is 23.9. The van der Waals surface area contributed by atoms with Crippen LogP contribution >= 0.6 is 0 Å². The highest BCUT2D eigenvalue weighted by Gasteiger charge is 2.30. The molecule has 7 nitrogen and oxygen atoms in total. The number of hydrogen-bond acceptors (Lipinski definition) is 5. The molecule has 4 rings (SSSR count). The number of likely N-dealkylation sites (tertiary alicyclic amines) is 1. The van der Waals surface area contributed by atoms with Gasteiger partial charge in [-0.05, 0) is 86.9 Å². The number of carbonyl (C=O) groups is 1. The van der Waals surface area contributed by atoms with E-state index < -0.39 is 5.97 Å². The average molecular weight is 465 g/mol. The Morgan fingerprint density at radius 2 is 2.03 bits per heavy atom. The molecule has 0 radical (unpaired) electrons. The van der Waals surface area contributed by atoms with Gasteiger partial charge >= 0.3 is 5.97 Å². The maximum Gasteiger partial charge on any atom is 0.303 e. The third kappa shape index (κ3) is 6.14. The van der Waals surface area contributed by atoms with Crippen LogP contribution in [-0.2, 0) is 24.7 Å². The van der Waals surface area contributed by atoms with Crippen molar-refractivity contribution in [1.29, 1.82) is 0 Å². The Morgan fingerprint density at radius 1 is 1.15 bits per heavy atom. The Balaban J connectivity index is 1.31. The minimum Gasteiger partial charge on any atom is -0.497 e. The Hall–Kier alpha value is -2.93. The van der Waals surface area contributed by atoms with Gasteiger partial charge in [0.05, 0.1) is 12.6 Å². The van der Waals surface area contributed by atoms with Crippen LogP contribution in [0.15, 0.2) is 42.9 Å². The van der Waals surface area contributed by atoms with Crippen molar-refractivity contribution in [1.82, 2.24) is 19.4 Å². The molecule has 1 aliphatic heterocycles. The summed E-state index contributed by atoms with van der Waals surface area (Å²) < 4.78 is 7.47. The van der Waals surface area contributed by atoms with Gasteiger partial charge in [0.2, 0.25) is 0 Å². The number of nitrogens with zero attached hydrogens (tertiary/aromatic N) is 4. The highest BCUT2D eigenvalue weighted by Crippen LogP contribution is 2.32. The van der Waals surface area contributed by atoms with Gasteiger partial charge in [-0.3, -0.25) is 9.78 Å². The van der Waals surface area contributed by atoms with E-state index in [-0.39, 0.29) is 12.3 Å². The second kappa shape index (κ2) is 11.5. The van der Waals surface area contributed by atoms with Crippen LogP contribution in [0.3, 0.4) is 0 Å². The molecule has 3 heterocycles. The zero-order valence-electron chi connectivity index (χ0n) is 20.3. The molecule has 0 spiro atoms. The molecule has 0 saturated carbocycles. The number of ether oxygens (including phenoxy) is 1. The van der Waals surface area contributed by atoms with Crippen molar-refractivity contribution < 1.29 is 14.6 Å². The number of aromatic nitrogens is 3. The van der Waals surface area contributed by atoms with Gasteiger partial charge in [-0.25, -0.2) is 4.98 Å². The lowest BCUT2D eigenvalue weighted by atomic mass is 9.79. The van der Waals surface area contributed by atoms with E-state index in [0.717, 1.165) is 80.6 Å². The number of imidazole rings is 1. The molecule has 182 valence electrons. The third-order valence-corrected chi connectivity index (χ3v) is 7.27. The number of pyridine rings is 1. The molecule has 1 fully saturated rings. The van der Waals surface area contributed by atoms with Crippen molar-refractivity contribution in [3.63, 3.8) is 0 Å². The van der Waals surface area contributed by atoms with Crippen LogP contribution in [0.25, 0.3) is 10.9 Å². The summed E-state index contributed by atoms with van der Waals surface area (Å²) in [7, 11) is 3.71. The fourth-order valence-corrected chi connectivity index (χ4v) is 5.37. The lowest BCUT2D eigenvalue weighted by Crippen LogP contribution is -2.42. The van der Waals surface area contributed by atoms with Gasteiger partial charge in [-0.2, -0.15) is 0 Å². The molecule has 0 unspecified atom stereocenters. The van der Waals surface area contributed by atoms with E-state index in [4.69, 9.17) is 4.74 Å². The maximum atomic E-state index is 11.6. The Kier molecular flexibility index (Phi) is 8.16. The van der Waals surface area contributed by atoms with Crippen molar-refractivity contribution in [3.8, 4) is 5.75 Å². The maximum absolute atomic E-state index is 11.6. The normalized spacial score (nSPS) is 18.9. The third-order valence-electron chi connectivity index (χ3n) is 7.27. The van der Waals surface area contributed by atoms with E-state index in [1.165, 1.54) is 5.56 Å². The van der Waals surface area contributed by atoms with E-state index in [9.17, 15) is 9.90 Å². The summed E-state index contributed by atoms with van der Waals surface area (Å²) >= 11 is 0. The van der Waals surface area contributed by atoms with Crippen LogP contribution < -0.4 is 4.74 Å². The highest BCUT2D eigenvalue weighted by molar-refractivity contribution is 5.83. The molecule has 1 aromatic carbocycles. The number of rotatable bonds is 11. The van der Waals surface area contributed by atoms with Gasteiger partial charge in [-0.15, -0.1) is 0 Å². The first-order valence-electron chi connectivity index (χ1n) is 12.4. The van der Waals surface area contributed by atoms with Crippen LogP contribution in [-0.4, -0.2) is 57.3 Å². The first kappa shape index (κ1) is 24.2. The number of aliphatic carboxylic acids is 1. The number of carboxylic acid groups (broad SMARTS) is 1. The molecule has 1 N–H and O–H groups in total. The van der Waals surface area contributed by atoms with E-state index in [0.29, 0.717) is 5.92 Å². The second-order valence-corrected chi connectivity index (χ2v) is 9.51. The van der Waals surface area contributed by atoms with Crippen molar-refractivity contribution in [2.24, 2.45) is 18.9 Å². The summed E-state index contributed by atoms with van der Waals surface area (Å²) in [5, 5.41) is 10.7. The van der Waals surface area contributed by atoms with Crippen molar-refractivity contribution in [2.45, 2.75) is 44.9 Å². The summed E-state index contributed by atoms with van der Waals surface area (Å²) in [4.78, 5) is 22.9. The molecule has 0 aliphatic carbocycles. The lowest BCUT2D eigenvalue weighted by Gasteiger charge is -2.38. The fraction of sp³-hybridized carbons (Fsp3) is 0.519. The second-order valence-electron chi connectivity index (χ2n) is 9.51. The van der Waals surface area contributed by atoms with Crippen LogP contribution in [0, 0.1) is 11.8 Å². The number of carboxylic acids is 1. The number of piperidine rings is 1. The fourth-order valence-electron chi connectivity index (χ4n) is 5.37. The average Bonchev–Trinajstić information content (AvgIpc) is 3.24. The molecule has 0 amide bonds. The first-order chi connectivity index (χ1) is 16.5. The largest absolute Gasteiger partial charge is 0.497 e. The number of methoxy groups -OCH3 is 1. The number of aryl methyl sites for hydroxylation is 3. The van der Waals surface area contributed by atoms with Gasteiger partial charge in [0.25, 0.3) is 0 Å². The Bertz CT molecular complexity index is 1100.